The lowest BCUT2D eigenvalue weighted by atomic mass is 10.2. The van der Waals surface area contributed by atoms with Crippen molar-refractivity contribution < 1.29 is 14.3 Å². The molecule has 0 aliphatic heterocycles. The van der Waals surface area contributed by atoms with E-state index in [2.05, 4.69) is 21.2 Å². The number of halogens is 1. The van der Waals surface area contributed by atoms with E-state index in [1.54, 1.807) is 14.0 Å². The van der Waals surface area contributed by atoms with Gasteiger partial charge in [-0.25, -0.2) is 0 Å². The minimum Gasteiger partial charge on any atom is -0.496 e. The van der Waals surface area contributed by atoms with Gasteiger partial charge in [0.1, 0.15) is 11.9 Å². The lowest BCUT2D eigenvalue weighted by Gasteiger charge is -2.14. The van der Waals surface area contributed by atoms with Crippen molar-refractivity contribution in [2.24, 2.45) is 0 Å². The van der Waals surface area contributed by atoms with Crippen LogP contribution in [0.2, 0.25) is 0 Å². The minimum atomic E-state index is -0.503. The summed E-state index contributed by atoms with van der Waals surface area (Å²) in [7, 11) is 1.62. The van der Waals surface area contributed by atoms with E-state index in [9.17, 15) is 4.79 Å². The van der Waals surface area contributed by atoms with E-state index in [1.807, 2.05) is 48.5 Å². The van der Waals surface area contributed by atoms with Crippen molar-refractivity contribution in [2.75, 3.05) is 7.11 Å². The van der Waals surface area contributed by atoms with Crippen molar-refractivity contribution in [1.82, 2.24) is 5.32 Å². The van der Waals surface area contributed by atoms with Crippen LogP contribution in [0.1, 0.15) is 18.1 Å². The number of carbonyl (C=O) groups is 1. The van der Waals surface area contributed by atoms with Gasteiger partial charge in [-0.05, 0) is 46.1 Å². The van der Waals surface area contributed by atoms with Gasteiger partial charge in [0.25, 0.3) is 0 Å². The maximum absolute atomic E-state index is 12.1. The van der Waals surface area contributed by atoms with Crippen molar-refractivity contribution in [2.45, 2.75) is 26.2 Å². The molecule has 0 heterocycles. The van der Waals surface area contributed by atoms with Crippen LogP contribution in [0.15, 0.2) is 53.0 Å². The van der Waals surface area contributed by atoms with Crippen molar-refractivity contribution in [3.8, 4) is 5.75 Å². The van der Waals surface area contributed by atoms with Crippen LogP contribution < -0.4 is 10.1 Å². The number of benzene rings is 2. The first-order chi connectivity index (χ1) is 11.1. The van der Waals surface area contributed by atoms with E-state index in [0.717, 1.165) is 21.3 Å². The molecule has 0 aromatic heterocycles. The monoisotopic (exact) mass is 377 g/mol. The SMILES string of the molecule is COc1ccc(CNC(=O)C(C)OCc2ccccc2)cc1Br. The highest BCUT2D eigenvalue weighted by atomic mass is 79.9. The number of methoxy groups -OCH3 is 1. The maximum atomic E-state index is 12.1. The summed E-state index contributed by atoms with van der Waals surface area (Å²) in [5.41, 5.74) is 2.03. The fourth-order valence-corrected chi connectivity index (χ4v) is 2.61. The Balaban J connectivity index is 1.80. The molecule has 1 atom stereocenters. The second kappa shape index (κ2) is 8.70. The molecule has 0 aliphatic carbocycles. The average molecular weight is 378 g/mol. The molecule has 23 heavy (non-hydrogen) atoms. The van der Waals surface area contributed by atoms with Gasteiger partial charge in [0.2, 0.25) is 5.91 Å². The molecule has 0 saturated carbocycles. The summed E-state index contributed by atoms with van der Waals surface area (Å²) < 4.78 is 11.6. The first kappa shape index (κ1) is 17.5. The van der Waals surface area contributed by atoms with Gasteiger partial charge in [0.05, 0.1) is 18.2 Å². The number of carbonyl (C=O) groups excluding carboxylic acids is 1. The number of rotatable bonds is 7. The van der Waals surface area contributed by atoms with Gasteiger partial charge in [-0.15, -0.1) is 0 Å². The Morgan fingerprint density at radius 3 is 2.57 bits per heavy atom. The number of ether oxygens (including phenoxy) is 2. The molecular weight excluding hydrogens is 358 g/mol. The topological polar surface area (TPSA) is 47.6 Å². The Morgan fingerprint density at radius 1 is 1.17 bits per heavy atom. The molecular formula is C18H20BrNO3. The molecule has 2 rings (SSSR count). The Bertz CT molecular complexity index is 646. The molecule has 1 N–H and O–H groups in total. The molecule has 0 fully saturated rings. The Labute approximate surface area is 144 Å². The highest BCUT2D eigenvalue weighted by molar-refractivity contribution is 9.10. The van der Waals surface area contributed by atoms with Crippen LogP contribution in [0.3, 0.4) is 0 Å². The molecule has 1 unspecified atom stereocenters. The van der Waals surface area contributed by atoms with Gasteiger partial charge in [0.15, 0.2) is 0 Å². The summed E-state index contributed by atoms with van der Waals surface area (Å²) in [6, 6.07) is 15.5. The van der Waals surface area contributed by atoms with E-state index < -0.39 is 6.10 Å². The number of hydrogen-bond acceptors (Lipinski definition) is 3. The van der Waals surface area contributed by atoms with E-state index in [-0.39, 0.29) is 5.91 Å². The molecule has 122 valence electrons. The van der Waals surface area contributed by atoms with E-state index in [0.29, 0.717) is 13.2 Å². The third-order valence-corrected chi connectivity index (χ3v) is 4.01. The Hall–Kier alpha value is -1.85. The molecule has 0 spiro atoms. The molecule has 0 radical (unpaired) electrons. The summed E-state index contributed by atoms with van der Waals surface area (Å²) in [5, 5.41) is 2.87. The first-order valence-corrected chi connectivity index (χ1v) is 8.15. The fraction of sp³-hybridized carbons (Fsp3) is 0.278. The summed E-state index contributed by atoms with van der Waals surface area (Å²) in [6.07, 6.45) is -0.503. The zero-order valence-corrected chi connectivity index (χ0v) is 14.8. The van der Waals surface area contributed by atoms with Gasteiger partial charge in [-0.3, -0.25) is 4.79 Å². The van der Waals surface area contributed by atoms with Crippen LogP contribution in [0.4, 0.5) is 0 Å². The van der Waals surface area contributed by atoms with Gasteiger partial charge < -0.3 is 14.8 Å². The smallest absolute Gasteiger partial charge is 0.249 e. The van der Waals surface area contributed by atoms with E-state index in [4.69, 9.17) is 9.47 Å². The van der Waals surface area contributed by atoms with Crippen molar-refractivity contribution in [1.29, 1.82) is 0 Å². The normalized spacial score (nSPS) is 11.8. The van der Waals surface area contributed by atoms with Crippen LogP contribution in [-0.2, 0) is 22.7 Å². The third kappa shape index (κ3) is 5.37. The third-order valence-electron chi connectivity index (χ3n) is 3.40. The van der Waals surface area contributed by atoms with Crippen molar-refractivity contribution in [3.63, 3.8) is 0 Å². The number of nitrogens with one attached hydrogen (secondary N) is 1. The molecule has 0 saturated heterocycles. The molecule has 5 heteroatoms. The van der Waals surface area contributed by atoms with Crippen LogP contribution in [0.25, 0.3) is 0 Å². The van der Waals surface area contributed by atoms with E-state index >= 15 is 0 Å². The summed E-state index contributed by atoms with van der Waals surface area (Å²) in [5.74, 6) is 0.632. The maximum Gasteiger partial charge on any atom is 0.249 e. The first-order valence-electron chi connectivity index (χ1n) is 7.36. The standard InChI is InChI=1S/C18H20BrNO3/c1-13(23-12-14-6-4-3-5-7-14)18(21)20-11-15-8-9-17(22-2)16(19)10-15/h3-10,13H,11-12H2,1-2H3,(H,20,21). The largest absolute Gasteiger partial charge is 0.496 e. The Morgan fingerprint density at radius 2 is 1.91 bits per heavy atom. The highest BCUT2D eigenvalue weighted by Crippen LogP contribution is 2.25. The summed E-state index contributed by atoms with van der Waals surface area (Å²) in [4.78, 5) is 12.1. The summed E-state index contributed by atoms with van der Waals surface area (Å²) >= 11 is 3.43. The summed E-state index contributed by atoms with van der Waals surface area (Å²) in [6.45, 7) is 2.62. The molecule has 2 aromatic rings. The lowest BCUT2D eigenvalue weighted by molar-refractivity contribution is -0.132. The highest BCUT2D eigenvalue weighted by Gasteiger charge is 2.13. The molecule has 0 aliphatic rings. The molecule has 0 bridgehead atoms. The molecule has 1 amide bonds. The van der Waals surface area contributed by atoms with Gasteiger partial charge in [-0.1, -0.05) is 36.4 Å². The van der Waals surface area contributed by atoms with Crippen molar-refractivity contribution in [3.05, 3.63) is 64.1 Å². The van der Waals surface area contributed by atoms with Crippen LogP contribution in [0, 0.1) is 0 Å². The Kier molecular flexibility index (Phi) is 6.62. The fourth-order valence-electron chi connectivity index (χ4n) is 2.02. The van der Waals surface area contributed by atoms with Crippen molar-refractivity contribution >= 4 is 21.8 Å². The second-order valence-corrected chi connectivity index (χ2v) is 5.98. The molecule has 4 nitrogen and oxygen atoms in total. The predicted molar refractivity (Wildman–Crippen MR) is 93.2 cm³/mol. The predicted octanol–water partition coefficient (Wildman–Crippen LogP) is 3.68. The lowest BCUT2D eigenvalue weighted by Crippen LogP contribution is -2.34. The van der Waals surface area contributed by atoms with Crippen LogP contribution in [0.5, 0.6) is 5.75 Å². The van der Waals surface area contributed by atoms with Gasteiger partial charge in [-0.2, -0.15) is 0 Å². The van der Waals surface area contributed by atoms with Crippen LogP contribution >= 0.6 is 15.9 Å². The average Bonchev–Trinajstić information content (AvgIpc) is 2.58. The second-order valence-electron chi connectivity index (χ2n) is 5.13. The minimum absolute atomic E-state index is 0.132. The van der Waals surface area contributed by atoms with Gasteiger partial charge in [0, 0.05) is 6.54 Å². The molecule has 2 aromatic carbocycles. The van der Waals surface area contributed by atoms with E-state index in [1.165, 1.54) is 0 Å². The zero-order chi connectivity index (χ0) is 16.7. The quantitative estimate of drug-likeness (QED) is 0.800. The zero-order valence-electron chi connectivity index (χ0n) is 13.2. The van der Waals surface area contributed by atoms with Crippen LogP contribution in [-0.4, -0.2) is 19.1 Å². The van der Waals surface area contributed by atoms with Gasteiger partial charge >= 0.3 is 0 Å². The number of hydrogen-bond donors (Lipinski definition) is 1. The number of amides is 1.